The highest BCUT2D eigenvalue weighted by molar-refractivity contribution is 6.06. The van der Waals surface area contributed by atoms with E-state index in [0.29, 0.717) is 0 Å². The predicted molar refractivity (Wildman–Crippen MR) is 104 cm³/mol. The first-order chi connectivity index (χ1) is 16.0. The molecule has 3 amide bonds. The maximum absolute atomic E-state index is 15.2. The Morgan fingerprint density at radius 2 is 1.91 bits per heavy atom. The zero-order valence-electron chi connectivity index (χ0n) is 17.3. The summed E-state index contributed by atoms with van der Waals surface area (Å²) in [6, 6.07) is 2.84. The van der Waals surface area contributed by atoms with E-state index in [2.05, 4.69) is 10.3 Å². The van der Waals surface area contributed by atoms with Gasteiger partial charge in [-0.15, -0.1) is 0 Å². The molecule has 0 saturated carbocycles. The molecule has 1 saturated heterocycles. The van der Waals surface area contributed by atoms with E-state index in [1.54, 1.807) is 0 Å². The van der Waals surface area contributed by atoms with Crippen LogP contribution in [0.5, 0.6) is 0 Å². The zero-order chi connectivity index (χ0) is 24.8. The summed E-state index contributed by atoms with van der Waals surface area (Å²) in [6.45, 7) is -0.398. The Morgan fingerprint density at radius 3 is 2.56 bits per heavy atom. The Labute approximate surface area is 188 Å². The number of hydrogen-bond acceptors (Lipinski definition) is 5. The molecule has 2 aliphatic heterocycles. The van der Waals surface area contributed by atoms with E-state index in [-0.39, 0.29) is 24.0 Å². The highest BCUT2D eigenvalue weighted by atomic mass is 19.4. The molecule has 7 nitrogen and oxygen atoms in total. The Balaban J connectivity index is 1.61. The molecule has 4 rings (SSSR count). The van der Waals surface area contributed by atoms with Crippen molar-refractivity contribution in [3.63, 3.8) is 0 Å². The van der Waals surface area contributed by atoms with E-state index < -0.39 is 77.5 Å². The fourth-order valence-corrected chi connectivity index (χ4v) is 4.14. The van der Waals surface area contributed by atoms with Crippen LogP contribution in [0.4, 0.5) is 22.0 Å². The zero-order valence-corrected chi connectivity index (χ0v) is 17.3. The molecule has 0 bridgehead atoms. The van der Waals surface area contributed by atoms with Crippen molar-refractivity contribution in [2.75, 3.05) is 0 Å². The standard InChI is InChI=1S/C22H16F5N3O4/c23-14-2-1-7-28-19(14)13(22(25,26)27)8-16(31)11-4-3-10-12(18(11)24)9-30(21(10)34)15-5-6-17(32)29-20(15)33/h1-4,7,13,15H,5-6,8-9H2,(H,29,32,33)/t13-,15?/m1/s1. The lowest BCUT2D eigenvalue weighted by atomic mass is 9.92. The highest BCUT2D eigenvalue weighted by Gasteiger charge is 2.45. The molecule has 34 heavy (non-hydrogen) atoms. The van der Waals surface area contributed by atoms with Gasteiger partial charge in [0, 0.05) is 30.2 Å². The molecule has 0 radical (unpaired) electrons. The minimum Gasteiger partial charge on any atom is -0.322 e. The SMILES string of the molecule is O=C1CCC(N2Cc3c(ccc(C(=O)C[C@H](c4ncccc4F)C(F)(F)F)c3F)C2=O)C(=O)N1. The van der Waals surface area contributed by atoms with Gasteiger partial charge in [0.05, 0.1) is 17.8 Å². The van der Waals surface area contributed by atoms with Crippen molar-refractivity contribution in [2.24, 2.45) is 0 Å². The van der Waals surface area contributed by atoms with Gasteiger partial charge in [-0.2, -0.15) is 13.2 Å². The summed E-state index contributed by atoms with van der Waals surface area (Å²) in [5.41, 5.74) is -2.05. The minimum atomic E-state index is -5.03. The number of carbonyl (C=O) groups excluding carboxylic acids is 4. The van der Waals surface area contributed by atoms with Crippen LogP contribution < -0.4 is 5.32 Å². The van der Waals surface area contributed by atoms with Gasteiger partial charge in [0.25, 0.3) is 5.91 Å². The van der Waals surface area contributed by atoms with E-state index in [1.165, 1.54) is 0 Å². The molecule has 0 aliphatic carbocycles. The number of aromatic nitrogens is 1. The van der Waals surface area contributed by atoms with Gasteiger partial charge >= 0.3 is 6.18 Å². The van der Waals surface area contributed by atoms with Crippen molar-refractivity contribution in [3.8, 4) is 0 Å². The predicted octanol–water partition coefficient (Wildman–Crippen LogP) is 3.04. The summed E-state index contributed by atoms with van der Waals surface area (Å²) in [5.74, 6) is -8.22. The van der Waals surface area contributed by atoms with Crippen molar-refractivity contribution in [3.05, 3.63) is 64.5 Å². The molecule has 178 valence electrons. The van der Waals surface area contributed by atoms with E-state index in [9.17, 15) is 36.7 Å². The number of amides is 3. The van der Waals surface area contributed by atoms with Gasteiger partial charge in [0.2, 0.25) is 11.8 Å². The van der Waals surface area contributed by atoms with E-state index in [4.69, 9.17) is 0 Å². The average Bonchev–Trinajstić information content (AvgIpc) is 3.09. The number of imide groups is 1. The van der Waals surface area contributed by atoms with Crippen LogP contribution in [-0.4, -0.2) is 45.6 Å². The van der Waals surface area contributed by atoms with Gasteiger partial charge in [0.15, 0.2) is 5.78 Å². The monoisotopic (exact) mass is 481 g/mol. The number of pyridine rings is 1. The quantitative estimate of drug-likeness (QED) is 0.403. The summed E-state index contributed by atoms with van der Waals surface area (Å²) in [4.78, 5) is 53.3. The van der Waals surface area contributed by atoms with Crippen molar-refractivity contribution in [1.29, 1.82) is 0 Å². The number of ketones is 1. The third-order valence-corrected chi connectivity index (χ3v) is 5.85. The molecule has 1 unspecified atom stereocenters. The van der Waals surface area contributed by atoms with Crippen LogP contribution in [0.2, 0.25) is 0 Å². The number of nitrogens with one attached hydrogen (secondary N) is 1. The van der Waals surface area contributed by atoms with Gasteiger partial charge in [0.1, 0.15) is 23.6 Å². The topological polar surface area (TPSA) is 96.4 Å². The summed E-state index contributed by atoms with van der Waals surface area (Å²) in [6.07, 6.45) is -5.37. The second-order valence-corrected chi connectivity index (χ2v) is 7.95. The fourth-order valence-electron chi connectivity index (χ4n) is 4.14. The summed E-state index contributed by atoms with van der Waals surface area (Å²) < 4.78 is 69.9. The fraction of sp³-hybridized carbons (Fsp3) is 0.318. The number of fused-ring (bicyclic) bond motifs is 1. The van der Waals surface area contributed by atoms with Crippen molar-refractivity contribution in [1.82, 2.24) is 15.2 Å². The maximum atomic E-state index is 15.2. The molecule has 1 fully saturated rings. The first-order valence-corrected chi connectivity index (χ1v) is 10.2. The van der Waals surface area contributed by atoms with Crippen LogP contribution in [0.15, 0.2) is 30.5 Å². The molecule has 3 heterocycles. The van der Waals surface area contributed by atoms with Crippen LogP contribution in [0.3, 0.4) is 0 Å². The van der Waals surface area contributed by atoms with E-state index >= 15 is 4.39 Å². The molecular formula is C22H16F5N3O4. The highest BCUT2D eigenvalue weighted by Crippen LogP contribution is 2.39. The largest absolute Gasteiger partial charge is 0.397 e. The van der Waals surface area contributed by atoms with Crippen LogP contribution >= 0.6 is 0 Å². The number of rotatable bonds is 5. The van der Waals surface area contributed by atoms with Gasteiger partial charge in [-0.25, -0.2) is 8.78 Å². The lowest BCUT2D eigenvalue weighted by Gasteiger charge is -2.29. The first kappa shape index (κ1) is 23.5. The summed E-state index contributed by atoms with van der Waals surface area (Å²) in [7, 11) is 0. The van der Waals surface area contributed by atoms with Crippen LogP contribution in [0, 0.1) is 11.6 Å². The van der Waals surface area contributed by atoms with Crippen LogP contribution in [0.1, 0.15) is 57.2 Å². The van der Waals surface area contributed by atoms with Crippen LogP contribution in [-0.2, 0) is 16.1 Å². The molecule has 1 aromatic heterocycles. The maximum Gasteiger partial charge on any atom is 0.397 e. The van der Waals surface area contributed by atoms with Crippen LogP contribution in [0.25, 0.3) is 0 Å². The number of piperidine rings is 1. The Bertz CT molecular complexity index is 1210. The summed E-state index contributed by atoms with van der Waals surface area (Å²) in [5, 5.41) is 2.09. The molecule has 0 spiro atoms. The molecule has 2 atom stereocenters. The minimum absolute atomic E-state index is 0.0222. The van der Waals surface area contributed by atoms with Gasteiger partial charge in [-0.05, 0) is 30.7 Å². The second kappa shape index (κ2) is 8.58. The molecule has 12 heteroatoms. The smallest absolute Gasteiger partial charge is 0.322 e. The lowest BCUT2D eigenvalue weighted by Crippen LogP contribution is -2.52. The van der Waals surface area contributed by atoms with Crippen molar-refractivity contribution in [2.45, 2.75) is 43.9 Å². The van der Waals surface area contributed by atoms with Crippen molar-refractivity contribution < 1.29 is 41.1 Å². The van der Waals surface area contributed by atoms with Crippen molar-refractivity contribution >= 4 is 23.5 Å². The van der Waals surface area contributed by atoms with Gasteiger partial charge < -0.3 is 4.90 Å². The molecular weight excluding hydrogens is 465 g/mol. The Kier molecular flexibility index (Phi) is 5.92. The molecule has 2 aromatic rings. The normalized spacial score (nSPS) is 19.1. The van der Waals surface area contributed by atoms with E-state index in [0.717, 1.165) is 35.4 Å². The number of nitrogens with zero attached hydrogens (tertiary/aromatic N) is 2. The molecule has 2 aliphatic rings. The lowest BCUT2D eigenvalue weighted by molar-refractivity contribution is -0.151. The summed E-state index contributed by atoms with van der Waals surface area (Å²) >= 11 is 0. The number of carbonyl (C=O) groups is 4. The number of halogens is 5. The Hall–Kier alpha value is -3.70. The number of hydrogen-bond donors (Lipinski definition) is 1. The average molecular weight is 481 g/mol. The number of Topliss-reactive ketones (excluding diaryl/α,β-unsaturated/α-hetero) is 1. The molecule has 1 aromatic carbocycles. The third-order valence-electron chi connectivity index (χ3n) is 5.85. The molecule has 1 N–H and O–H groups in total. The number of benzene rings is 1. The van der Waals surface area contributed by atoms with Gasteiger partial charge in [-0.3, -0.25) is 29.5 Å². The second-order valence-electron chi connectivity index (χ2n) is 7.95. The van der Waals surface area contributed by atoms with E-state index in [1.807, 2.05) is 0 Å². The first-order valence-electron chi connectivity index (χ1n) is 10.2. The van der Waals surface area contributed by atoms with Gasteiger partial charge in [-0.1, -0.05) is 0 Å². The Morgan fingerprint density at radius 1 is 1.18 bits per heavy atom. The third kappa shape index (κ3) is 4.15. The number of alkyl halides is 3.